The zero-order valence-electron chi connectivity index (χ0n) is 18.2. The highest BCUT2D eigenvalue weighted by molar-refractivity contribution is 14.0. The molecule has 164 valence electrons. The van der Waals surface area contributed by atoms with Crippen molar-refractivity contribution in [2.75, 3.05) is 40.3 Å². The number of guanidine groups is 1. The summed E-state index contributed by atoms with van der Waals surface area (Å²) in [5.41, 5.74) is 3.85. The Hall–Kier alpha value is -1.87. The molecule has 0 spiro atoms. The van der Waals surface area contributed by atoms with Crippen molar-refractivity contribution in [2.24, 2.45) is 4.99 Å². The number of methoxy groups -OCH3 is 1. The first-order chi connectivity index (χ1) is 14.2. The van der Waals surface area contributed by atoms with Gasteiger partial charge in [0, 0.05) is 32.5 Å². The average molecular weight is 523 g/mol. The van der Waals surface area contributed by atoms with Crippen LogP contribution in [0, 0.1) is 6.92 Å². The zero-order chi connectivity index (χ0) is 20.5. The Morgan fingerprint density at radius 2 is 1.90 bits per heavy atom. The molecule has 1 atom stereocenters. The molecular weight excluding hydrogens is 489 g/mol. The van der Waals surface area contributed by atoms with Crippen LogP contribution in [0.3, 0.4) is 0 Å². The Kier molecular flexibility index (Phi) is 10.4. The predicted octanol–water partition coefficient (Wildman–Crippen LogP) is 3.56. The molecule has 1 aliphatic heterocycles. The minimum atomic E-state index is 0. The first kappa shape index (κ1) is 24.4. The molecule has 0 aliphatic carbocycles. The monoisotopic (exact) mass is 523 g/mol. The predicted molar refractivity (Wildman–Crippen MR) is 134 cm³/mol. The third-order valence-corrected chi connectivity index (χ3v) is 5.59. The van der Waals surface area contributed by atoms with Gasteiger partial charge in [0.2, 0.25) is 0 Å². The normalized spacial score (nSPS) is 15.4. The highest BCUT2D eigenvalue weighted by atomic mass is 127. The highest BCUT2D eigenvalue weighted by Gasteiger charge is 2.23. The van der Waals surface area contributed by atoms with E-state index < -0.39 is 0 Å². The fraction of sp³-hybridized carbons (Fsp3) is 0.478. The molecule has 1 saturated heterocycles. The van der Waals surface area contributed by atoms with Crippen molar-refractivity contribution >= 4 is 29.9 Å². The van der Waals surface area contributed by atoms with Gasteiger partial charge in [0.25, 0.3) is 0 Å². The lowest BCUT2D eigenvalue weighted by Crippen LogP contribution is -2.43. The first-order valence-electron chi connectivity index (χ1n) is 10.4. The van der Waals surface area contributed by atoms with E-state index in [0.717, 1.165) is 44.3 Å². The van der Waals surface area contributed by atoms with Gasteiger partial charge in [0.05, 0.1) is 13.2 Å². The average Bonchev–Trinajstić information content (AvgIpc) is 3.29. The summed E-state index contributed by atoms with van der Waals surface area (Å²) in [4.78, 5) is 11.1. The Balaban J connectivity index is 0.00000320. The minimum Gasteiger partial charge on any atom is -0.497 e. The van der Waals surface area contributed by atoms with E-state index in [-0.39, 0.29) is 24.0 Å². The fourth-order valence-corrected chi connectivity index (χ4v) is 3.85. The van der Waals surface area contributed by atoms with Gasteiger partial charge in [-0.25, -0.2) is 0 Å². The van der Waals surface area contributed by atoms with Crippen LogP contribution in [0.2, 0.25) is 0 Å². The van der Waals surface area contributed by atoms with E-state index in [2.05, 4.69) is 50.6 Å². The molecule has 1 aliphatic rings. The van der Waals surface area contributed by atoms with Crippen LogP contribution in [-0.4, -0.2) is 56.2 Å². The quantitative estimate of drug-likeness (QED) is 0.315. The number of aliphatic imine (C=N–C) groups is 1. The molecule has 30 heavy (non-hydrogen) atoms. The number of ether oxygens (including phenoxy) is 1. The summed E-state index contributed by atoms with van der Waals surface area (Å²) < 4.78 is 5.32. The van der Waals surface area contributed by atoms with Crippen LogP contribution in [-0.2, 0) is 6.42 Å². The summed E-state index contributed by atoms with van der Waals surface area (Å²) in [6.07, 6.45) is 7.25. The van der Waals surface area contributed by atoms with Gasteiger partial charge in [-0.1, -0.05) is 12.1 Å². The van der Waals surface area contributed by atoms with E-state index in [1.54, 1.807) is 7.11 Å². The van der Waals surface area contributed by atoms with E-state index in [1.165, 1.54) is 29.5 Å². The Bertz CT molecular complexity index is 790. The number of pyridine rings is 1. The Labute approximate surface area is 197 Å². The molecular formula is C23H34IN5O. The third-order valence-electron chi connectivity index (χ3n) is 5.59. The van der Waals surface area contributed by atoms with Crippen LogP contribution in [0.1, 0.15) is 35.6 Å². The van der Waals surface area contributed by atoms with Gasteiger partial charge in [-0.15, -0.1) is 24.0 Å². The van der Waals surface area contributed by atoms with Crippen molar-refractivity contribution < 1.29 is 4.74 Å². The molecule has 2 aromatic rings. The molecule has 7 heteroatoms. The van der Waals surface area contributed by atoms with Crippen LogP contribution in [0.4, 0.5) is 0 Å². The second-order valence-electron chi connectivity index (χ2n) is 7.46. The van der Waals surface area contributed by atoms with Crippen LogP contribution >= 0.6 is 24.0 Å². The largest absolute Gasteiger partial charge is 0.497 e. The van der Waals surface area contributed by atoms with Crippen LogP contribution in [0.25, 0.3) is 0 Å². The number of aryl methyl sites for hydroxylation is 1. The van der Waals surface area contributed by atoms with Gasteiger partial charge < -0.3 is 15.4 Å². The molecule has 2 heterocycles. The lowest BCUT2D eigenvalue weighted by atomic mass is 10.1. The molecule has 2 N–H and O–H groups in total. The number of nitrogens with zero attached hydrogens (tertiary/aromatic N) is 3. The number of nitrogens with one attached hydrogen (secondary N) is 2. The van der Waals surface area contributed by atoms with Gasteiger partial charge in [-0.2, -0.15) is 0 Å². The lowest BCUT2D eigenvalue weighted by Gasteiger charge is -2.29. The molecule has 0 saturated carbocycles. The maximum atomic E-state index is 5.32. The molecule has 0 bridgehead atoms. The molecule has 3 rings (SSSR count). The van der Waals surface area contributed by atoms with Gasteiger partial charge in [-0.05, 0) is 74.2 Å². The van der Waals surface area contributed by atoms with E-state index in [9.17, 15) is 0 Å². The summed E-state index contributed by atoms with van der Waals surface area (Å²) in [6, 6.07) is 10.8. The highest BCUT2D eigenvalue weighted by Crippen LogP contribution is 2.26. The van der Waals surface area contributed by atoms with E-state index in [0.29, 0.717) is 6.04 Å². The van der Waals surface area contributed by atoms with Crippen LogP contribution in [0.15, 0.2) is 47.7 Å². The molecule has 1 aromatic carbocycles. The maximum Gasteiger partial charge on any atom is 0.191 e. The number of aromatic nitrogens is 1. The van der Waals surface area contributed by atoms with Gasteiger partial charge in [-0.3, -0.25) is 14.9 Å². The van der Waals surface area contributed by atoms with Crippen LogP contribution < -0.4 is 15.4 Å². The van der Waals surface area contributed by atoms with Crippen molar-refractivity contribution in [3.63, 3.8) is 0 Å². The smallest absolute Gasteiger partial charge is 0.191 e. The van der Waals surface area contributed by atoms with E-state index in [1.807, 2.05) is 31.6 Å². The van der Waals surface area contributed by atoms with Gasteiger partial charge in [0.15, 0.2) is 5.96 Å². The van der Waals surface area contributed by atoms with E-state index in [4.69, 9.17) is 4.74 Å². The SMILES string of the molecule is CN=C(NCCc1ccncc1C)NCC(c1ccc(OC)cc1)N1CCCC1.I. The summed E-state index contributed by atoms with van der Waals surface area (Å²) in [5.74, 6) is 1.74. The summed E-state index contributed by atoms with van der Waals surface area (Å²) in [7, 11) is 3.53. The second kappa shape index (κ2) is 12.7. The minimum absolute atomic E-state index is 0. The maximum absolute atomic E-state index is 5.32. The van der Waals surface area contributed by atoms with Crippen LogP contribution in [0.5, 0.6) is 5.75 Å². The van der Waals surface area contributed by atoms with Crippen molar-refractivity contribution in [1.82, 2.24) is 20.5 Å². The number of likely N-dealkylation sites (tertiary alicyclic amines) is 1. The van der Waals surface area contributed by atoms with Crippen molar-refractivity contribution in [3.8, 4) is 5.75 Å². The topological polar surface area (TPSA) is 61.8 Å². The van der Waals surface area contributed by atoms with Crippen molar-refractivity contribution in [2.45, 2.75) is 32.2 Å². The molecule has 6 nitrogen and oxygen atoms in total. The lowest BCUT2D eigenvalue weighted by molar-refractivity contribution is 0.245. The zero-order valence-corrected chi connectivity index (χ0v) is 20.6. The Morgan fingerprint density at radius 1 is 1.17 bits per heavy atom. The van der Waals surface area contributed by atoms with Crippen molar-refractivity contribution in [3.05, 3.63) is 59.4 Å². The molecule has 0 radical (unpaired) electrons. The van der Waals surface area contributed by atoms with E-state index >= 15 is 0 Å². The van der Waals surface area contributed by atoms with Crippen molar-refractivity contribution in [1.29, 1.82) is 0 Å². The number of hydrogen-bond donors (Lipinski definition) is 2. The molecule has 0 amide bonds. The van der Waals surface area contributed by atoms with Gasteiger partial charge >= 0.3 is 0 Å². The molecule has 1 unspecified atom stereocenters. The summed E-state index contributed by atoms with van der Waals surface area (Å²) in [5, 5.41) is 6.97. The number of benzene rings is 1. The summed E-state index contributed by atoms with van der Waals surface area (Å²) in [6.45, 7) is 6.05. The fourth-order valence-electron chi connectivity index (χ4n) is 3.85. The third kappa shape index (κ3) is 6.84. The summed E-state index contributed by atoms with van der Waals surface area (Å²) >= 11 is 0. The number of halogens is 1. The standard InChI is InChI=1S/C23H33N5O.HI/c1-18-16-25-12-10-19(18)11-13-26-23(24-2)27-17-22(28-14-4-5-15-28)20-6-8-21(29-3)9-7-20;/h6-10,12,16,22H,4-5,11,13-15,17H2,1-3H3,(H2,24,26,27);1H. The Morgan fingerprint density at radius 3 is 2.53 bits per heavy atom. The molecule has 1 fully saturated rings. The first-order valence-corrected chi connectivity index (χ1v) is 10.4. The molecule has 1 aromatic heterocycles. The number of rotatable bonds is 8. The second-order valence-corrected chi connectivity index (χ2v) is 7.46. The van der Waals surface area contributed by atoms with Gasteiger partial charge in [0.1, 0.15) is 5.75 Å². The number of hydrogen-bond acceptors (Lipinski definition) is 4.